The van der Waals surface area contributed by atoms with Crippen molar-refractivity contribution in [3.05, 3.63) is 93.2 Å². The van der Waals surface area contributed by atoms with Crippen LogP contribution in [0.4, 0.5) is 0 Å². The SMILES string of the molecule is Cc1cc2c(-c3cccc4ccccc34)cccc2[cH-]1.Cl.Cl.[CH3-].[CH3-].[Si]=[Zr]. The molecule has 0 atom stereocenters. The van der Waals surface area contributed by atoms with Gasteiger partial charge in [0.05, 0.1) is 0 Å². The molecule has 4 aromatic carbocycles. The van der Waals surface area contributed by atoms with Gasteiger partial charge in [0.25, 0.3) is 0 Å². The maximum atomic E-state index is 3.06. The first-order chi connectivity index (χ1) is 10.8. The fourth-order valence-corrected chi connectivity index (χ4v) is 3.08. The van der Waals surface area contributed by atoms with Crippen molar-refractivity contribution < 1.29 is 23.3 Å². The van der Waals surface area contributed by atoms with Crippen LogP contribution in [-0.2, 0) is 23.3 Å². The van der Waals surface area contributed by atoms with E-state index < -0.39 is 0 Å². The van der Waals surface area contributed by atoms with Crippen LogP contribution in [0.3, 0.4) is 0 Å². The number of hydrogen-bond acceptors (Lipinski definition) is 0. The molecule has 26 heavy (non-hydrogen) atoms. The monoisotopic (exact) mass is 475 g/mol. The van der Waals surface area contributed by atoms with Crippen molar-refractivity contribution in [1.82, 2.24) is 0 Å². The predicted molar refractivity (Wildman–Crippen MR) is 120 cm³/mol. The Morgan fingerprint density at radius 2 is 1.27 bits per heavy atom. The van der Waals surface area contributed by atoms with Crippen LogP contribution in [-0.4, -0.2) is 6.88 Å². The number of halogens is 2. The maximum absolute atomic E-state index is 3.06. The molecular formula is C22H23Cl2SiZr-3. The molecule has 0 N–H and O–H groups in total. The molecule has 0 nitrogen and oxygen atoms in total. The summed E-state index contributed by atoms with van der Waals surface area (Å²) < 4.78 is 0. The first-order valence-electron chi connectivity index (χ1n) is 7.22. The molecule has 4 aromatic rings. The van der Waals surface area contributed by atoms with E-state index in [0.717, 1.165) is 0 Å². The standard InChI is InChI=1S/C20H15.2CH3.2ClH.Si.Zr/c1-14-12-16-8-5-11-19(20(16)13-14)18-10-4-7-15-6-2-3-9-17(15)18;;;;;;/h2-13H,1H3;2*1H3;2*1H;;/q3*-1;;;;. The summed E-state index contributed by atoms with van der Waals surface area (Å²) in [5.41, 5.74) is 3.97. The van der Waals surface area contributed by atoms with Crippen LogP contribution < -0.4 is 0 Å². The Labute approximate surface area is 186 Å². The van der Waals surface area contributed by atoms with E-state index in [9.17, 15) is 0 Å². The third-order valence-corrected chi connectivity index (χ3v) is 3.97. The van der Waals surface area contributed by atoms with E-state index in [1.165, 1.54) is 61.6 Å². The Hall–Kier alpha value is -0.790. The molecule has 0 aliphatic carbocycles. The number of fused-ring (bicyclic) bond motifs is 2. The van der Waals surface area contributed by atoms with Crippen LogP contribution in [0.25, 0.3) is 32.7 Å². The Balaban J connectivity index is 0. The molecular weight excluding hydrogens is 454 g/mol. The van der Waals surface area contributed by atoms with Crippen LogP contribution in [0, 0.1) is 21.8 Å². The van der Waals surface area contributed by atoms with Crippen molar-refractivity contribution in [1.29, 1.82) is 0 Å². The third kappa shape index (κ3) is 5.36. The summed E-state index contributed by atoms with van der Waals surface area (Å²) in [6.07, 6.45) is 0. The Morgan fingerprint density at radius 3 is 1.96 bits per heavy atom. The normalized spacial score (nSPS) is 8.77. The zero-order chi connectivity index (χ0) is 15.5. The van der Waals surface area contributed by atoms with Gasteiger partial charge in [-0.05, 0) is 16.3 Å². The zero-order valence-electron chi connectivity index (χ0n) is 15.2. The van der Waals surface area contributed by atoms with Gasteiger partial charge >= 0.3 is 30.2 Å². The van der Waals surface area contributed by atoms with E-state index >= 15 is 0 Å². The van der Waals surface area contributed by atoms with Crippen LogP contribution in [0.5, 0.6) is 0 Å². The van der Waals surface area contributed by atoms with Gasteiger partial charge in [0.2, 0.25) is 0 Å². The van der Waals surface area contributed by atoms with Gasteiger partial charge in [0.15, 0.2) is 0 Å². The van der Waals surface area contributed by atoms with Crippen LogP contribution in [0.15, 0.2) is 72.8 Å². The number of benzene rings is 3. The fourth-order valence-electron chi connectivity index (χ4n) is 3.08. The van der Waals surface area contributed by atoms with Crippen molar-refractivity contribution in [3.8, 4) is 11.1 Å². The summed E-state index contributed by atoms with van der Waals surface area (Å²) in [7, 11) is 0. The van der Waals surface area contributed by atoms with Gasteiger partial charge in [0.1, 0.15) is 0 Å². The van der Waals surface area contributed by atoms with Gasteiger partial charge in [-0.25, -0.2) is 0 Å². The van der Waals surface area contributed by atoms with Crippen molar-refractivity contribution in [2.24, 2.45) is 0 Å². The van der Waals surface area contributed by atoms with Crippen molar-refractivity contribution in [2.45, 2.75) is 6.92 Å². The van der Waals surface area contributed by atoms with Crippen LogP contribution in [0.1, 0.15) is 5.56 Å². The van der Waals surface area contributed by atoms with E-state index in [0.29, 0.717) is 0 Å². The molecule has 2 radical (unpaired) electrons. The molecule has 0 amide bonds. The summed E-state index contributed by atoms with van der Waals surface area (Å²) in [5, 5.41) is 5.29. The molecule has 0 heterocycles. The molecule has 0 aliphatic heterocycles. The van der Waals surface area contributed by atoms with E-state index in [-0.39, 0.29) is 39.7 Å². The number of rotatable bonds is 1. The molecule has 4 rings (SSSR count). The second-order valence-corrected chi connectivity index (χ2v) is 5.37. The summed E-state index contributed by atoms with van der Waals surface area (Å²) in [5.74, 6) is 0. The molecule has 0 spiro atoms. The molecule has 0 saturated carbocycles. The third-order valence-electron chi connectivity index (χ3n) is 3.97. The Morgan fingerprint density at radius 1 is 0.731 bits per heavy atom. The summed E-state index contributed by atoms with van der Waals surface area (Å²) >= 11 is 1.36. The van der Waals surface area contributed by atoms with Gasteiger partial charge < -0.3 is 14.9 Å². The van der Waals surface area contributed by atoms with E-state index in [4.69, 9.17) is 0 Å². The quantitative estimate of drug-likeness (QED) is 0.204. The molecule has 0 bridgehead atoms. The topological polar surface area (TPSA) is 0 Å². The first kappa shape index (κ1) is 27.4. The minimum atomic E-state index is 0. The Bertz CT molecular complexity index is 942. The second kappa shape index (κ2) is 12.6. The van der Waals surface area contributed by atoms with E-state index in [2.05, 4.69) is 86.6 Å². The molecule has 0 saturated heterocycles. The summed E-state index contributed by atoms with van der Waals surface area (Å²) in [6, 6.07) is 26.2. The van der Waals surface area contributed by atoms with Crippen LogP contribution in [0.2, 0.25) is 0 Å². The Kier molecular flexibility index (Phi) is 13.3. The molecule has 4 heteroatoms. The number of hydrogen-bond donors (Lipinski definition) is 0. The minimum absolute atomic E-state index is 0. The number of aryl methyl sites for hydroxylation is 1. The van der Waals surface area contributed by atoms with Gasteiger partial charge in [0, 0.05) is 0 Å². The van der Waals surface area contributed by atoms with Gasteiger partial charge in [-0.3, -0.25) is 0 Å². The molecule has 0 unspecified atom stereocenters. The van der Waals surface area contributed by atoms with E-state index in [1.54, 1.807) is 0 Å². The summed E-state index contributed by atoms with van der Waals surface area (Å²) in [6.45, 7) is 5.22. The van der Waals surface area contributed by atoms with Gasteiger partial charge in [-0.2, -0.15) is 6.07 Å². The van der Waals surface area contributed by atoms with Gasteiger partial charge in [-0.1, -0.05) is 61.0 Å². The average molecular weight is 478 g/mol. The molecule has 0 fully saturated rings. The predicted octanol–water partition coefficient (Wildman–Crippen LogP) is 7.05. The second-order valence-electron chi connectivity index (χ2n) is 5.37. The summed E-state index contributed by atoms with van der Waals surface area (Å²) in [4.78, 5) is 0. The van der Waals surface area contributed by atoms with Crippen LogP contribution >= 0.6 is 24.8 Å². The van der Waals surface area contributed by atoms with Crippen molar-refractivity contribution >= 4 is 53.2 Å². The van der Waals surface area contributed by atoms with E-state index in [1.807, 2.05) is 0 Å². The molecule has 0 aliphatic rings. The molecule has 0 aromatic heterocycles. The molecule has 136 valence electrons. The average Bonchev–Trinajstić information content (AvgIpc) is 2.96. The van der Waals surface area contributed by atoms with Gasteiger partial charge in [-0.15, -0.1) is 59.3 Å². The zero-order valence-corrected chi connectivity index (χ0v) is 20.3. The first-order valence-corrected chi connectivity index (χ1v) is 11.4. The van der Waals surface area contributed by atoms with Crippen molar-refractivity contribution in [3.63, 3.8) is 0 Å². The van der Waals surface area contributed by atoms with Crippen molar-refractivity contribution in [2.75, 3.05) is 0 Å². The fraction of sp³-hybridized carbons (Fsp3) is 0.0455.